The molecule has 8 heteroatoms. The van der Waals surface area contributed by atoms with Crippen LogP contribution in [-0.4, -0.2) is 60.4 Å². The average molecular weight is 416 g/mol. The molecule has 170 valence electrons. The van der Waals surface area contributed by atoms with Crippen LogP contribution < -0.4 is 10.6 Å². The van der Waals surface area contributed by atoms with E-state index < -0.39 is 23.4 Å². The fourth-order valence-corrected chi connectivity index (χ4v) is 2.44. The van der Waals surface area contributed by atoms with Crippen molar-refractivity contribution in [1.82, 2.24) is 15.5 Å². The van der Waals surface area contributed by atoms with Crippen LogP contribution in [0.1, 0.15) is 80.6 Å². The molecule has 0 saturated carbocycles. The van der Waals surface area contributed by atoms with Gasteiger partial charge in [-0.2, -0.15) is 0 Å². The van der Waals surface area contributed by atoms with E-state index in [1.807, 2.05) is 53.4 Å². The second-order valence-electron chi connectivity index (χ2n) is 9.05. The van der Waals surface area contributed by atoms with Gasteiger partial charge in [0.05, 0.1) is 0 Å². The van der Waals surface area contributed by atoms with Crippen molar-refractivity contribution in [2.45, 2.75) is 91.8 Å². The zero-order valence-corrected chi connectivity index (χ0v) is 19.4. The summed E-state index contributed by atoms with van der Waals surface area (Å²) in [6, 6.07) is 0. The van der Waals surface area contributed by atoms with Crippen LogP contribution in [0.3, 0.4) is 0 Å². The van der Waals surface area contributed by atoms with Crippen LogP contribution in [0.25, 0.3) is 0 Å². The number of ether oxygens (including phenoxy) is 2. The van der Waals surface area contributed by atoms with Crippen molar-refractivity contribution in [2.75, 3.05) is 26.2 Å². The fraction of sp³-hybridized carbons (Fsp3) is 0.857. The second-order valence-corrected chi connectivity index (χ2v) is 9.05. The van der Waals surface area contributed by atoms with Gasteiger partial charge < -0.3 is 25.0 Å². The molecular weight excluding hydrogens is 374 g/mol. The van der Waals surface area contributed by atoms with Gasteiger partial charge in [0, 0.05) is 32.6 Å². The third-order valence-corrected chi connectivity index (χ3v) is 3.61. The molecule has 0 bridgehead atoms. The highest BCUT2D eigenvalue weighted by Crippen LogP contribution is 2.08. The predicted octanol–water partition coefficient (Wildman–Crippen LogP) is 3.83. The van der Waals surface area contributed by atoms with Gasteiger partial charge in [0.25, 0.3) is 0 Å². The Bertz CT molecular complexity index is 509. The maximum Gasteiger partial charge on any atom is 0.407 e. The van der Waals surface area contributed by atoms with Crippen molar-refractivity contribution in [3.8, 4) is 0 Å². The lowest BCUT2D eigenvalue weighted by atomic mass is 10.2. The van der Waals surface area contributed by atoms with Crippen LogP contribution in [0.2, 0.25) is 0 Å². The normalized spacial score (nSPS) is 11.6. The van der Waals surface area contributed by atoms with E-state index in [1.54, 1.807) is 0 Å². The fourth-order valence-electron chi connectivity index (χ4n) is 2.44. The monoisotopic (exact) mass is 415 g/mol. The van der Waals surface area contributed by atoms with Crippen LogP contribution in [-0.2, 0) is 14.3 Å². The molecule has 3 amide bonds. The first-order chi connectivity index (χ1) is 13.3. The minimum Gasteiger partial charge on any atom is -0.444 e. The molecule has 0 spiro atoms. The first-order valence-electron chi connectivity index (χ1n) is 10.6. The van der Waals surface area contributed by atoms with Gasteiger partial charge in [0.15, 0.2) is 0 Å². The van der Waals surface area contributed by atoms with Crippen LogP contribution in [0.5, 0.6) is 0 Å². The Hall–Kier alpha value is -1.99. The number of alkyl carbamates (subject to hydrolysis) is 2. The number of hydrogen-bond donors (Lipinski definition) is 2. The Morgan fingerprint density at radius 3 is 1.66 bits per heavy atom. The maximum absolute atomic E-state index is 12.3. The molecule has 0 fully saturated rings. The summed E-state index contributed by atoms with van der Waals surface area (Å²) in [6.45, 7) is 15.0. The Morgan fingerprint density at radius 1 is 0.759 bits per heavy atom. The van der Waals surface area contributed by atoms with E-state index >= 15 is 0 Å². The minimum absolute atomic E-state index is 0.116. The SMILES string of the molecule is CCCC(=O)N(CCCCNC(=O)OC(C)(C)C)CCCNC(=O)OC(C)(C)C. The molecular formula is C21H41N3O5. The van der Waals surface area contributed by atoms with E-state index in [-0.39, 0.29) is 5.91 Å². The van der Waals surface area contributed by atoms with E-state index in [1.165, 1.54) is 0 Å². The summed E-state index contributed by atoms with van der Waals surface area (Å²) >= 11 is 0. The highest BCUT2D eigenvalue weighted by atomic mass is 16.6. The number of hydrogen-bond acceptors (Lipinski definition) is 5. The van der Waals surface area contributed by atoms with E-state index in [2.05, 4.69) is 10.6 Å². The molecule has 0 aromatic carbocycles. The Balaban J connectivity index is 4.19. The molecule has 0 aromatic heterocycles. The number of unbranched alkanes of at least 4 members (excludes halogenated alkanes) is 1. The summed E-state index contributed by atoms with van der Waals surface area (Å²) in [5.41, 5.74) is -1.04. The third kappa shape index (κ3) is 16.6. The van der Waals surface area contributed by atoms with Crippen molar-refractivity contribution in [3.05, 3.63) is 0 Å². The summed E-state index contributed by atoms with van der Waals surface area (Å²) in [7, 11) is 0. The van der Waals surface area contributed by atoms with Crippen molar-refractivity contribution >= 4 is 18.1 Å². The summed E-state index contributed by atoms with van der Waals surface area (Å²) < 4.78 is 10.4. The first kappa shape index (κ1) is 27.0. The Morgan fingerprint density at radius 2 is 1.21 bits per heavy atom. The number of nitrogens with one attached hydrogen (secondary N) is 2. The highest BCUT2D eigenvalue weighted by Gasteiger charge is 2.17. The number of nitrogens with zero attached hydrogens (tertiary/aromatic N) is 1. The third-order valence-electron chi connectivity index (χ3n) is 3.61. The van der Waals surface area contributed by atoms with E-state index in [4.69, 9.17) is 9.47 Å². The number of rotatable bonds is 11. The van der Waals surface area contributed by atoms with Crippen molar-refractivity contribution in [3.63, 3.8) is 0 Å². The lowest BCUT2D eigenvalue weighted by Crippen LogP contribution is -2.37. The topological polar surface area (TPSA) is 97.0 Å². The molecule has 0 unspecified atom stereocenters. The standard InChI is InChI=1S/C21H41N3O5/c1-8-12-17(25)24(16-11-14-23-19(27)29-21(5,6)7)15-10-9-13-22-18(26)28-20(2,3)4/h8-16H2,1-7H3,(H,22,26)(H,23,27). The van der Waals surface area contributed by atoms with Gasteiger partial charge in [-0.1, -0.05) is 6.92 Å². The molecule has 0 radical (unpaired) electrons. The second kappa shape index (κ2) is 13.3. The summed E-state index contributed by atoms with van der Waals surface area (Å²) in [6.07, 6.45) is 2.63. The van der Waals surface area contributed by atoms with Gasteiger partial charge in [0.1, 0.15) is 11.2 Å². The molecule has 0 heterocycles. The smallest absolute Gasteiger partial charge is 0.407 e. The number of carbonyl (C=O) groups is 3. The molecule has 8 nitrogen and oxygen atoms in total. The maximum atomic E-state index is 12.3. The van der Waals surface area contributed by atoms with Gasteiger partial charge in [-0.15, -0.1) is 0 Å². The largest absolute Gasteiger partial charge is 0.444 e. The molecule has 0 aliphatic rings. The molecule has 29 heavy (non-hydrogen) atoms. The summed E-state index contributed by atoms with van der Waals surface area (Å²) in [5.74, 6) is 0.116. The van der Waals surface area contributed by atoms with Crippen LogP contribution in [0.4, 0.5) is 9.59 Å². The lowest BCUT2D eigenvalue weighted by molar-refractivity contribution is -0.131. The summed E-state index contributed by atoms with van der Waals surface area (Å²) in [5, 5.41) is 5.44. The Labute approximate surface area is 176 Å². The highest BCUT2D eigenvalue weighted by molar-refractivity contribution is 5.76. The molecule has 0 atom stereocenters. The number of carbonyl (C=O) groups excluding carboxylic acids is 3. The van der Waals surface area contributed by atoms with Gasteiger partial charge in [-0.3, -0.25) is 4.79 Å². The minimum atomic E-state index is -0.527. The van der Waals surface area contributed by atoms with Crippen LogP contribution >= 0.6 is 0 Å². The van der Waals surface area contributed by atoms with E-state index in [9.17, 15) is 14.4 Å². The van der Waals surface area contributed by atoms with Gasteiger partial charge in [-0.25, -0.2) is 9.59 Å². The van der Waals surface area contributed by atoms with Gasteiger partial charge in [-0.05, 0) is 67.2 Å². The van der Waals surface area contributed by atoms with Gasteiger partial charge >= 0.3 is 12.2 Å². The molecule has 0 aromatic rings. The number of amides is 3. The molecule has 0 saturated heterocycles. The first-order valence-corrected chi connectivity index (χ1v) is 10.6. The molecule has 0 aliphatic heterocycles. The van der Waals surface area contributed by atoms with Crippen molar-refractivity contribution < 1.29 is 23.9 Å². The predicted molar refractivity (Wildman–Crippen MR) is 114 cm³/mol. The zero-order valence-electron chi connectivity index (χ0n) is 19.4. The van der Waals surface area contributed by atoms with Gasteiger partial charge in [0.2, 0.25) is 5.91 Å². The zero-order chi connectivity index (χ0) is 22.5. The lowest BCUT2D eigenvalue weighted by Gasteiger charge is -2.23. The van der Waals surface area contributed by atoms with Crippen LogP contribution in [0.15, 0.2) is 0 Å². The van der Waals surface area contributed by atoms with Crippen LogP contribution in [0, 0.1) is 0 Å². The van der Waals surface area contributed by atoms with E-state index in [0.717, 1.165) is 19.3 Å². The molecule has 0 aliphatic carbocycles. The summed E-state index contributed by atoms with van der Waals surface area (Å²) in [4.78, 5) is 37.4. The van der Waals surface area contributed by atoms with Crippen molar-refractivity contribution in [1.29, 1.82) is 0 Å². The average Bonchev–Trinajstić information content (AvgIpc) is 2.53. The Kier molecular flexibility index (Phi) is 12.4. The molecule has 0 rings (SSSR count). The molecule has 2 N–H and O–H groups in total. The van der Waals surface area contributed by atoms with E-state index in [0.29, 0.717) is 39.0 Å². The van der Waals surface area contributed by atoms with Crippen molar-refractivity contribution in [2.24, 2.45) is 0 Å². The quantitative estimate of drug-likeness (QED) is 0.500.